The molecule has 0 atom stereocenters. The van der Waals surface area contributed by atoms with Crippen LogP contribution in [0.3, 0.4) is 0 Å². The van der Waals surface area contributed by atoms with Gasteiger partial charge in [0.2, 0.25) is 9.84 Å². The van der Waals surface area contributed by atoms with E-state index in [1.54, 1.807) is 12.1 Å². The van der Waals surface area contributed by atoms with Crippen LogP contribution in [-0.4, -0.2) is 8.42 Å². The maximum Gasteiger partial charge on any atom is 0.207 e. The Morgan fingerprint density at radius 3 is 1.31 bits per heavy atom. The molecule has 2 aromatic carbocycles. The van der Waals surface area contributed by atoms with E-state index in [4.69, 9.17) is 0 Å². The molecule has 240 valence electrons. The molecule has 3 heteroatoms. The van der Waals surface area contributed by atoms with E-state index in [1.165, 1.54) is 22.3 Å². The van der Waals surface area contributed by atoms with Gasteiger partial charge in [0.15, 0.2) is 0 Å². The van der Waals surface area contributed by atoms with Crippen LogP contribution in [0.5, 0.6) is 0 Å². The normalized spacial score (nSPS) is 13.5. The maximum absolute atomic E-state index is 14.0. The molecule has 0 heterocycles. The second-order valence-electron chi connectivity index (χ2n) is 12.4. The van der Waals surface area contributed by atoms with Gasteiger partial charge in [0.25, 0.3) is 0 Å². The summed E-state index contributed by atoms with van der Waals surface area (Å²) in [5, 5.41) is 0. The lowest BCUT2D eigenvalue weighted by Crippen LogP contribution is -2.08. The highest BCUT2D eigenvalue weighted by molar-refractivity contribution is 7.91. The lowest BCUT2D eigenvalue weighted by Gasteiger charge is -2.13. The molecule has 0 bridgehead atoms. The molecule has 0 unspecified atom stereocenters. The second kappa shape index (κ2) is 19.6. The molecule has 2 aromatic rings. The third-order valence-corrected chi connectivity index (χ3v) is 9.43. The van der Waals surface area contributed by atoms with Crippen molar-refractivity contribution in [3.05, 3.63) is 154 Å². The van der Waals surface area contributed by atoms with Crippen molar-refractivity contribution in [2.24, 2.45) is 0 Å². The minimum Gasteiger partial charge on any atom is -0.218 e. The Kier molecular flexibility index (Phi) is 16.4. The molecule has 0 aromatic heterocycles. The first-order chi connectivity index (χ1) is 21.4. The Bertz CT molecular complexity index is 1490. The summed E-state index contributed by atoms with van der Waals surface area (Å²) in [5.41, 5.74) is 9.18. The summed E-state index contributed by atoms with van der Waals surface area (Å²) in [6.45, 7) is 16.9. The number of allylic oxidation sites excluding steroid dienone is 16. The molecule has 0 fully saturated rings. The number of rotatable bonds is 16. The molecule has 2 nitrogen and oxygen atoms in total. The van der Waals surface area contributed by atoms with Gasteiger partial charge in [-0.2, -0.15) is 0 Å². The van der Waals surface area contributed by atoms with E-state index in [1.807, 2.05) is 36.4 Å². The Labute approximate surface area is 275 Å². The summed E-state index contributed by atoms with van der Waals surface area (Å²) in [6.07, 6.45) is 26.7. The molecule has 45 heavy (non-hydrogen) atoms. The molecular weight excluding hydrogens is 569 g/mol. The van der Waals surface area contributed by atoms with Crippen molar-refractivity contribution in [2.45, 2.75) is 104 Å². The Morgan fingerprint density at radius 1 is 0.556 bits per heavy atom. The monoisotopic (exact) mass is 622 g/mol. The lowest BCUT2D eigenvalue weighted by molar-refractivity contribution is 0.594. The fourth-order valence-electron chi connectivity index (χ4n) is 4.74. The number of hydrogen-bond donors (Lipinski definition) is 0. The summed E-state index contributed by atoms with van der Waals surface area (Å²) in [5.74, 6) is 0. The number of sulfone groups is 1. The van der Waals surface area contributed by atoms with Gasteiger partial charge >= 0.3 is 0 Å². The van der Waals surface area contributed by atoms with Crippen LogP contribution in [0.4, 0.5) is 0 Å². The number of hydrogen-bond acceptors (Lipinski definition) is 2. The van der Waals surface area contributed by atoms with Crippen LogP contribution in [0.25, 0.3) is 0 Å². The fourth-order valence-corrected chi connectivity index (χ4v) is 6.48. The van der Waals surface area contributed by atoms with E-state index >= 15 is 0 Å². The fraction of sp³-hybridized carbons (Fsp3) is 0.333. The third kappa shape index (κ3) is 14.3. The molecule has 0 amide bonds. The molecule has 2 rings (SSSR count). The lowest BCUT2D eigenvalue weighted by atomic mass is 10.1. The quantitative estimate of drug-likeness (QED) is 0.138. The molecular formula is C42H54O2S. The highest BCUT2D eigenvalue weighted by Crippen LogP contribution is 2.28. The highest BCUT2D eigenvalue weighted by Gasteiger charge is 2.23. The van der Waals surface area contributed by atoms with E-state index in [0.717, 1.165) is 48.0 Å². The van der Waals surface area contributed by atoms with Crippen molar-refractivity contribution in [3.63, 3.8) is 0 Å². The Balaban J connectivity index is 2.19. The minimum atomic E-state index is -3.71. The van der Waals surface area contributed by atoms with Gasteiger partial charge in [0.1, 0.15) is 0 Å². The van der Waals surface area contributed by atoms with Crippen LogP contribution in [0.1, 0.15) is 92.2 Å². The minimum absolute atomic E-state index is 0.370. The smallest absolute Gasteiger partial charge is 0.207 e. The molecule has 0 aliphatic carbocycles. The highest BCUT2D eigenvalue weighted by atomic mass is 32.2. The van der Waals surface area contributed by atoms with E-state index in [0.29, 0.717) is 22.6 Å². The summed E-state index contributed by atoms with van der Waals surface area (Å²) >= 11 is 0. The van der Waals surface area contributed by atoms with Gasteiger partial charge in [-0.05, 0) is 117 Å². The van der Waals surface area contributed by atoms with Crippen molar-refractivity contribution in [1.29, 1.82) is 0 Å². The van der Waals surface area contributed by atoms with Crippen LogP contribution in [0, 0.1) is 0 Å². The molecule has 0 N–H and O–H groups in total. The first kappa shape index (κ1) is 37.5. The second-order valence-corrected chi connectivity index (χ2v) is 14.3. The van der Waals surface area contributed by atoms with Crippen LogP contribution >= 0.6 is 0 Å². The zero-order valence-corrected chi connectivity index (χ0v) is 29.7. The molecule has 0 saturated heterocycles. The van der Waals surface area contributed by atoms with Gasteiger partial charge < -0.3 is 0 Å². The van der Waals surface area contributed by atoms with E-state index in [9.17, 15) is 8.42 Å². The SMILES string of the molecule is CC(C)=CCCC(C)=CC=CC(C)=CCc1ccccc1S(=O)(=O)c1ccccc1CC=C(C)C=CC=C(C)CCC=C(C)C. The van der Waals surface area contributed by atoms with Crippen molar-refractivity contribution in [1.82, 2.24) is 0 Å². The third-order valence-electron chi connectivity index (χ3n) is 7.47. The number of benzene rings is 2. The zero-order chi connectivity index (χ0) is 33.2. The van der Waals surface area contributed by atoms with E-state index in [2.05, 4.69) is 116 Å². The Morgan fingerprint density at radius 2 is 0.933 bits per heavy atom. The van der Waals surface area contributed by atoms with Crippen LogP contribution in [-0.2, 0) is 22.7 Å². The molecule has 0 spiro atoms. The average molecular weight is 623 g/mol. The summed E-state index contributed by atoms with van der Waals surface area (Å²) < 4.78 is 28.0. The molecule has 0 aliphatic rings. The van der Waals surface area contributed by atoms with Crippen molar-refractivity contribution >= 4 is 9.84 Å². The first-order valence-corrected chi connectivity index (χ1v) is 17.6. The van der Waals surface area contributed by atoms with Crippen LogP contribution < -0.4 is 0 Å². The average Bonchev–Trinajstić information content (AvgIpc) is 2.99. The molecule has 0 radical (unpaired) electrons. The topological polar surface area (TPSA) is 34.1 Å². The summed E-state index contributed by atoms with van der Waals surface area (Å²) in [7, 11) is -3.71. The molecule has 0 saturated carbocycles. The Hall–Kier alpha value is -3.69. The standard InChI is InChI=1S/C42H54O2S/c1-33(2)17-13-19-35(5)21-15-23-37(7)29-31-39-25-9-11-27-41(39)45(43,44)42-28-12-10-26-40(42)32-30-38(8)24-16-22-36(6)20-14-18-34(3)4/h9-12,15-18,21-30H,13-14,19-20,31-32H2,1-8H3. The first-order valence-electron chi connectivity index (χ1n) is 16.1. The predicted octanol–water partition coefficient (Wildman–Crippen LogP) is 12.0. The van der Waals surface area contributed by atoms with Gasteiger partial charge in [0, 0.05) is 0 Å². The summed E-state index contributed by atoms with van der Waals surface area (Å²) in [6, 6.07) is 14.7. The van der Waals surface area contributed by atoms with Gasteiger partial charge in [-0.15, -0.1) is 0 Å². The predicted molar refractivity (Wildman–Crippen MR) is 196 cm³/mol. The van der Waals surface area contributed by atoms with Gasteiger partial charge in [-0.3, -0.25) is 0 Å². The molecule has 0 aliphatic heterocycles. The van der Waals surface area contributed by atoms with Gasteiger partial charge in [0.05, 0.1) is 9.79 Å². The van der Waals surface area contributed by atoms with E-state index < -0.39 is 9.84 Å². The van der Waals surface area contributed by atoms with Crippen molar-refractivity contribution < 1.29 is 8.42 Å². The largest absolute Gasteiger partial charge is 0.218 e. The summed E-state index contributed by atoms with van der Waals surface area (Å²) in [4.78, 5) is 0.740. The van der Waals surface area contributed by atoms with Gasteiger partial charge in [-0.25, -0.2) is 8.42 Å². The van der Waals surface area contributed by atoms with E-state index in [-0.39, 0.29) is 0 Å². The van der Waals surface area contributed by atoms with Crippen molar-refractivity contribution in [3.8, 4) is 0 Å². The van der Waals surface area contributed by atoms with Gasteiger partial charge in [-0.1, -0.05) is 131 Å². The maximum atomic E-state index is 14.0. The van der Waals surface area contributed by atoms with Crippen LogP contribution in [0.15, 0.2) is 153 Å². The zero-order valence-electron chi connectivity index (χ0n) is 28.9. The van der Waals surface area contributed by atoms with Crippen molar-refractivity contribution in [2.75, 3.05) is 0 Å². The van der Waals surface area contributed by atoms with Crippen LogP contribution in [0.2, 0.25) is 0 Å².